The lowest BCUT2D eigenvalue weighted by atomic mass is 10.1. The smallest absolute Gasteiger partial charge is 0.335 e. The first-order valence-corrected chi connectivity index (χ1v) is 12.1. The molecule has 0 unspecified atom stereocenters. The summed E-state index contributed by atoms with van der Waals surface area (Å²) < 4.78 is 17.0. The van der Waals surface area contributed by atoms with E-state index in [1.165, 1.54) is 25.5 Å². The molecular formula is C29H25ClN2O6. The van der Waals surface area contributed by atoms with Gasteiger partial charge in [0.25, 0.3) is 5.91 Å². The van der Waals surface area contributed by atoms with Crippen molar-refractivity contribution in [3.63, 3.8) is 0 Å². The molecule has 0 aliphatic carbocycles. The second kappa shape index (κ2) is 12.1. The summed E-state index contributed by atoms with van der Waals surface area (Å²) >= 11 is 6.49. The normalized spacial score (nSPS) is 10.9. The Hall–Kier alpha value is -4.56. The van der Waals surface area contributed by atoms with Crippen LogP contribution in [0.5, 0.6) is 17.2 Å². The highest BCUT2D eigenvalue weighted by atomic mass is 35.5. The minimum absolute atomic E-state index is 0.0952. The Labute approximate surface area is 224 Å². The standard InChI is InChI=1S/C29H25ClN2O6/c1-3-37-26-13-19(12-24(30)27(26)38-17-18-7-6-10-22(11-18)29(34)35)16-31-32-28(33)23-14-20-8-4-5-9-21(20)15-25(23)36-2/h4-16H,3,17H2,1-2H3,(H,32,33)(H,34,35)/b31-16-. The second-order valence-electron chi connectivity index (χ2n) is 8.16. The van der Waals surface area contributed by atoms with Crippen LogP contribution in [0.2, 0.25) is 5.02 Å². The molecule has 0 aliphatic rings. The molecule has 8 nitrogen and oxygen atoms in total. The molecule has 4 rings (SSSR count). The van der Waals surface area contributed by atoms with E-state index in [0.29, 0.717) is 40.5 Å². The van der Waals surface area contributed by atoms with Gasteiger partial charge in [0.1, 0.15) is 12.4 Å². The quantitative estimate of drug-likeness (QED) is 0.193. The van der Waals surface area contributed by atoms with Crippen LogP contribution in [0.4, 0.5) is 0 Å². The number of benzene rings is 4. The van der Waals surface area contributed by atoms with E-state index in [2.05, 4.69) is 10.5 Å². The monoisotopic (exact) mass is 532 g/mol. The Bertz CT molecular complexity index is 1520. The van der Waals surface area contributed by atoms with E-state index >= 15 is 0 Å². The Morgan fingerprint density at radius 1 is 0.974 bits per heavy atom. The van der Waals surface area contributed by atoms with Crippen LogP contribution in [0, 0.1) is 0 Å². The van der Waals surface area contributed by atoms with Crippen molar-refractivity contribution in [3.05, 3.63) is 100 Å². The number of carbonyl (C=O) groups is 2. The topological polar surface area (TPSA) is 106 Å². The summed E-state index contributed by atoms with van der Waals surface area (Å²) in [4.78, 5) is 24.0. The molecule has 0 radical (unpaired) electrons. The van der Waals surface area contributed by atoms with Crippen molar-refractivity contribution >= 4 is 40.5 Å². The highest BCUT2D eigenvalue weighted by Crippen LogP contribution is 2.37. The zero-order valence-electron chi connectivity index (χ0n) is 20.7. The van der Waals surface area contributed by atoms with E-state index in [-0.39, 0.29) is 17.2 Å². The molecule has 0 fully saturated rings. The molecule has 0 spiro atoms. The number of hydrogen-bond acceptors (Lipinski definition) is 6. The lowest BCUT2D eigenvalue weighted by Crippen LogP contribution is -2.18. The van der Waals surface area contributed by atoms with Gasteiger partial charge in [-0.15, -0.1) is 0 Å². The number of ether oxygens (including phenoxy) is 3. The number of halogens is 1. The summed E-state index contributed by atoms with van der Waals surface area (Å²) in [6.07, 6.45) is 1.44. The number of hydrazone groups is 1. The van der Waals surface area contributed by atoms with Crippen molar-refractivity contribution in [3.8, 4) is 17.2 Å². The summed E-state index contributed by atoms with van der Waals surface area (Å²) in [7, 11) is 1.51. The fraction of sp³-hybridized carbons (Fsp3) is 0.138. The third-order valence-electron chi connectivity index (χ3n) is 5.58. The largest absolute Gasteiger partial charge is 0.496 e. The van der Waals surface area contributed by atoms with E-state index in [4.69, 9.17) is 25.8 Å². The minimum atomic E-state index is -1.02. The fourth-order valence-corrected chi connectivity index (χ4v) is 4.08. The van der Waals surface area contributed by atoms with Gasteiger partial charge in [-0.1, -0.05) is 48.0 Å². The first-order chi connectivity index (χ1) is 18.4. The van der Waals surface area contributed by atoms with Crippen molar-refractivity contribution in [1.29, 1.82) is 0 Å². The molecule has 2 N–H and O–H groups in total. The highest BCUT2D eigenvalue weighted by molar-refractivity contribution is 6.32. The van der Waals surface area contributed by atoms with E-state index in [0.717, 1.165) is 10.8 Å². The minimum Gasteiger partial charge on any atom is -0.496 e. The number of carboxylic acids is 1. The number of hydrogen-bond donors (Lipinski definition) is 2. The maximum Gasteiger partial charge on any atom is 0.335 e. The summed E-state index contributed by atoms with van der Waals surface area (Å²) in [6, 6.07) is 21.0. The molecule has 194 valence electrons. The summed E-state index contributed by atoms with van der Waals surface area (Å²) in [5, 5.41) is 15.4. The van der Waals surface area contributed by atoms with Gasteiger partial charge >= 0.3 is 5.97 Å². The van der Waals surface area contributed by atoms with E-state index in [1.54, 1.807) is 36.4 Å². The first-order valence-electron chi connectivity index (χ1n) is 11.7. The van der Waals surface area contributed by atoms with Gasteiger partial charge in [0.05, 0.1) is 36.1 Å². The summed E-state index contributed by atoms with van der Waals surface area (Å²) in [5.41, 5.74) is 4.28. The summed E-state index contributed by atoms with van der Waals surface area (Å²) in [6.45, 7) is 2.28. The van der Waals surface area contributed by atoms with Crippen LogP contribution in [0.3, 0.4) is 0 Å². The molecule has 0 aliphatic heterocycles. The van der Waals surface area contributed by atoms with Crippen molar-refractivity contribution in [2.24, 2.45) is 5.10 Å². The Balaban J connectivity index is 1.50. The molecule has 0 saturated carbocycles. The van der Waals surface area contributed by atoms with E-state index in [9.17, 15) is 14.7 Å². The van der Waals surface area contributed by atoms with Gasteiger partial charge < -0.3 is 19.3 Å². The zero-order valence-corrected chi connectivity index (χ0v) is 21.5. The van der Waals surface area contributed by atoms with Gasteiger partial charge in [-0.25, -0.2) is 10.2 Å². The number of carboxylic acid groups (broad SMARTS) is 1. The molecule has 4 aromatic carbocycles. The van der Waals surface area contributed by atoms with Gasteiger partial charge in [-0.05, 0) is 65.2 Å². The molecule has 0 saturated heterocycles. The third kappa shape index (κ3) is 6.22. The van der Waals surface area contributed by atoms with Gasteiger partial charge in [-0.3, -0.25) is 4.79 Å². The first kappa shape index (κ1) is 26.5. The Morgan fingerprint density at radius 2 is 1.74 bits per heavy atom. The van der Waals surface area contributed by atoms with Crippen molar-refractivity contribution in [2.45, 2.75) is 13.5 Å². The number of nitrogens with zero attached hydrogens (tertiary/aromatic N) is 1. The lowest BCUT2D eigenvalue weighted by molar-refractivity contribution is 0.0696. The maximum absolute atomic E-state index is 12.8. The molecule has 0 bridgehead atoms. The average molecular weight is 533 g/mol. The van der Waals surface area contributed by atoms with Crippen LogP contribution >= 0.6 is 11.6 Å². The number of carbonyl (C=O) groups excluding carboxylic acids is 1. The van der Waals surface area contributed by atoms with Crippen LogP contribution in [-0.4, -0.2) is 36.9 Å². The molecule has 1 amide bonds. The average Bonchev–Trinajstić information content (AvgIpc) is 2.92. The van der Waals surface area contributed by atoms with Crippen LogP contribution in [0.1, 0.15) is 38.8 Å². The number of aromatic carboxylic acids is 1. The van der Waals surface area contributed by atoms with Crippen LogP contribution < -0.4 is 19.6 Å². The van der Waals surface area contributed by atoms with E-state index in [1.807, 2.05) is 31.2 Å². The SMILES string of the molecule is CCOc1cc(/C=N\NC(=O)c2cc3ccccc3cc2OC)cc(Cl)c1OCc1cccc(C(=O)O)c1. The van der Waals surface area contributed by atoms with Gasteiger partial charge in [0.15, 0.2) is 11.5 Å². The molecule has 38 heavy (non-hydrogen) atoms. The summed E-state index contributed by atoms with van der Waals surface area (Å²) in [5.74, 6) is -0.304. The molecule has 0 atom stereocenters. The van der Waals surface area contributed by atoms with Crippen LogP contribution in [0.15, 0.2) is 77.9 Å². The molecule has 4 aromatic rings. The maximum atomic E-state index is 12.8. The number of fused-ring (bicyclic) bond motifs is 1. The second-order valence-corrected chi connectivity index (χ2v) is 8.56. The van der Waals surface area contributed by atoms with Crippen molar-refractivity contribution < 1.29 is 28.9 Å². The molecule has 0 aromatic heterocycles. The zero-order chi connectivity index (χ0) is 27.1. The highest BCUT2D eigenvalue weighted by Gasteiger charge is 2.15. The molecule has 9 heteroatoms. The predicted molar refractivity (Wildman–Crippen MR) is 146 cm³/mol. The van der Waals surface area contributed by atoms with E-state index < -0.39 is 11.9 Å². The van der Waals surface area contributed by atoms with Gasteiger partial charge in [0, 0.05) is 0 Å². The van der Waals surface area contributed by atoms with Gasteiger partial charge in [0.2, 0.25) is 0 Å². The number of methoxy groups -OCH3 is 1. The van der Waals surface area contributed by atoms with Crippen LogP contribution in [-0.2, 0) is 6.61 Å². The number of rotatable bonds is 10. The molecule has 0 heterocycles. The fourth-order valence-electron chi connectivity index (χ4n) is 3.81. The number of nitrogens with one attached hydrogen (secondary N) is 1. The predicted octanol–water partition coefficient (Wildman–Crippen LogP) is 5.94. The van der Waals surface area contributed by atoms with Gasteiger partial charge in [-0.2, -0.15) is 5.10 Å². The van der Waals surface area contributed by atoms with Crippen LogP contribution in [0.25, 0.3) is 10.8 Å². The van der Waals surface area contributed by atoms with Crippen molar-refractivity contribution in [2.75, 3.05) is 13.7 Å². The third-order valence-corrected chi connectivity index (χ3v) is 5.86. The van der Waals surface area contributed by atoms with Crippen molar-refractivity contribution in [1.82, 2.24) is 5.43 Å². The lowest BCUT2D eigenvalue weighted by Gasteiger charge is -2.14. The molecular weight excluding hydrogens is 508 g/mol. The number of amides is 1. The Kier molecular flexibility index (Phi) is 8.45. The Morgan fingerprint density at radius 3 is 2.45 bits per heavy atom.